The van der Waals surface area contributed by atoms with E-state index in [1.807, 2.05) is 24.3 Å². The number of hydrogen-bond acceptors (Lipinski definition) is 3. The Morgan fingerprint density at radius 3 is 2.50 bits per heavy atom. The summed E-state index contributed by atoms with van der Waals surface area (Å²) in [5.41, 5.74) is 1.54. The molecule has 26 heavy (non-hydrogen) atoms. The molecule has 2 aromatic carbocycles. The fourth-order valence-electron chi connectivity index (χ4n) is 2.55. The Bertz CT molecular complexity index is 747. The molecule has 0 radical (unpaired) electrons. The first-order valence-corrected chi connectivity index (χ1v) is 8.43. The summed E-state index contributed by atoms with van der Waals surface area (Å²) in [7, 11) is 1.61. The number of benzene rings is 2. The Morgan fingerprint density at radius 1 is 1.15 bits per heavy atom. The van der Waals surface area contributed by atoms with Crippen LogP contribution in [-0.2, 0) is 16.0 Å². The number of halogens is 1. The smallest absolute Gasteiger partial charge is 0.223 e. The first-order chi connectivity index (χ1) is 12.5. The molecule has 5 nitrogen and oxygen atoms in total. The Kier molecular flexibility index (Phi) is 7.14. The van der Waals surface area contributed by atoms with Crippen molar-refractivity contribution < 1.29 is 18.7 Å². The zero-order valence-corrected chi connectivity index (χ0v) is 15.0. The normalized spacial score (nSPS) is 10.3. The number of methoxy groups -OCH3 is 1. The number of amides is 2. The highest BCUT2D eigenvalue weighted by molar-refractivity contribution is 5.92. The van der Waals surface area contributed by atoms with Crippen LogP contribution in [0, 0.1) is 5.82 Å². The lowest BCUT2D eigenvalue weighted by molar-refractivity contribution is -0.121. The van der Waals surface area contributed by atoms with E-state index >= 15 is 0 Å². The van der Waals surface area contributed by atoms with E-state index in [1.54, 1.807) is 13.2 Å². The van der Waals surface area contributed by atoms with Gasteiger partial charge in [-0.05, 0) is 42.3 Å². The van der Waals surface area contributed by atoms with Gasteiger partial charge in [0, 0.05) is 32.1 Å². The molecule has 2 amide bonds. The van der Waals surface area contributed by atoms with E-state index in [2.05, 4.69) is 5.32 Å². The molecule has 1 N–H and O–H groups in total. The predicted octanol–water partition coefficient (Wildman–Crippen LogP) is 2.94. The van der Waals surface area contributed by atoms with Crippen molar-refractivity contribution in [3.8, 4) is 5.75 Å². The lowest BCUT2D eigenvalue weighted by atomic mass is 10.1. The highest BCUT2D eigenvalue weighted by Gasteiger charge is 2.13. The van der Waals surface area contributed by atoms with Gasteiger partial charge in [-0.2, -0.15) is 0 Å². The minimum Gasteiger partial charge on any atom is -0.497 e. The second-order valence-electron chi connectivity index (χ2n) is 5.85. The van der Waals surface area contributed by atoms with E-state index < -0.39 is 5.82 Å². The molecule has 0 aliphatic carbocycles. The molecule has 0 heterocycles. The zero-order chi connectivity index (χ0) is 18.9. The molecule has 0 aliphatic heterocycles. The molecule has 0 spiro atoms. The standard InChI is InChI=1S/C20H23FN2O3/c1-15(24)23(18-5-3-4-17(21)14-18)13-11-20(25)22-12-10-16-6-8-19(26-2)9-7-16/h3-9,14H,10-13H2,1-2H3,(H,22,25). The topological polar surface area (TPSA) is 58.6 Å². The summed E-state index contributed by atoms with van der Waals surface area (Å²) in [6.07, 6.45) is 0.856. The second-order valence-corrected chi connectivity index (χ2v) is 5.85. The summed E-state index contributed by atoms with van der Waals surface area (Å²) in [4.78, 5) is 25.2. The van der Waals surface area contributed by atoms with Crippen LogP contribution in [0.4, 0.5) is 10.1 Å². The van der Waals surface area contributed by atoms with Crippen molar-refractivity contribution in [2.45, 2.75) is 19.8 Å². The number of hydrogen-bond donors (Lipinski definition) is 1. The summed E-state index contributed by atoms with van der Waals surface area (Å²) < 4.78 is 18.4. The van der Waals surface area contributed by atoms with Crippen LogP contribution in [-0.4, -0.2) is 32.0 Å². The van der Waals surface area contributed by atoms with Gasteiger partial charge in [-0.1, -0.05) is 18.2 Å². The van der Waals surface area contributed by atoms with E-state index in [0.717, 1.165) is 11.3 Å². The van der Waals surface area contributed by atoms with Crippen molar-refractivity contribution in [2.24, 2.45) is 0 Å². The zero-order valence-electron chi connectivity index (χ0n) is 15.0. The van der Waals surface area contributed by atoms with Gasteiger partial charge in [0.15, 0.2) is 0 Å². The summed E-state index contributed by atoms with van der Waals surface area (Å²) >= 11 is 0. The SMILES string of the molecule is COc1ccc(CCNC(=O)CCN(C(C)=O)c2cccc(F)c2)cc1. The number of nitrogens with zero attached hydrogens (tertiary/aromatic N) is 1. The monoisotopic (exact) mass is 358 g/mol. The fraction of sp³-hybridized carbons (Fsp3) is 0.300. The minimum absolute atomic E-state index is 0.151. The molecular formula is C20H23FN2O3. The van der Waals surface area contributed by atoms with Gasteiger partial charge >= 0.3 is 0 Å². The van der Waals surface area contributed by atoms with Gasteiger partial charge in [0.2, 0.25) is 11.8 Å². The lowest BCUT2D eigenvalue weighted by Gasteiger charge is -2.21. The van der Waals surface area contributed by atoms with E-state index in [9.17, 15) is 14.0 Å². The van der Waals surface area contributed by atoms with Crippen molar-refractivity contribution >= 4 is 17.5 Å². The predicted molar refractivity (Wildman–Crippen MR) is 98.8 cm³/mol. The maximum Gasteiger partial charge on any atom is 0.223 e. The van der Waals surface area contributed by atoms with Crippen molar-refractivity contribution in [3.63, 3.8) is 0 Å². The molecule has 0 atom stereocenters. The van der Waals surface area contributed by atoms with Crippen molar-refractivity contribution in [2.75, 3.05) is 25.1 Å². The average molecular weight is 358 g/mol. The first-order valence-electron chi connectivity index (χ1n) is 8.43. The van der Waals surface area contributed by atoms with Gasteiger partial charge in [-0.3, -0.25) is 9.59 Å². The third-order valence-electron chi connectivity index (χ3n) is 3.96. The number of carbonyl (C=O) groups excluding carboxylic acids is 2. The van der Waals surface area contributed by atoms with Crippen LogP contribution >= 0.6 is 0 Å². The molecular weight excluding hydrogens is 335 g/mol. The molecule has 0 bridgehead atoms. The molecule has 2 rings (SSSR count). The van der Waals surface area contributed by atoms with Gasteiger partial charge in [-0.25, -0.2) is 4.39 Å². The van der Waals surface area contributed by atoms with Crippen LogP contribution in [0.5, 0.6) is 5.75 Å². The number of anilines is 1. The molecule has 0 saturated carbocycles. The van der Waals surface area contributed by atoms with Crippen LogP contribution in [0.3, 0.4) is 0 Å². The average Bonchev–Trinajstić information content (AvgIpc) is 2.62. The molecule has 0 saturated heterocycles. The molecule has 0 aromatic heterocycles. The molecule has 0 aliphatic rings. The lowest BCUT2D eigenvalue weighted by Crippen LogP contribution is -2.34. The molecule has 6 heteroatoms. The van der Waals surface area contributed by atoms with Crippen LogP contribution < -0.4 is 15.0 Å². The Hall–Kier alpha value is -2.89. The highest BCUT2D eigenvalue weighted by atomic mass is 19.1. The van der Waals surface area contributed by atoms with Crippen molar-refractivity contribution in [1.29, 1.82) is 0 Å². The quantitative estimate of drug-likeness (QED) is 0.789. The minimum atomic E-state index is -0.419. The highest BCUT2D eigenvalue weighted by Crippen LogP contribution is 2.16. The van der Waals surface area contributed by atoms with Crippen molar-refractivity contribution in [1.82, 2.24) is 5.32 Å². The van der Waals surface area contributed by atoms with Gasteiger partial charge in [0.1, 0.15) is 11.6 Å². The van der Waals surface area contributed by atoms with E-state index in [0.29, 0.717) is 18.7 Å². The maximum atomic E-state index is 13.3. The summed E-state index contributed by atoms with van der Waals surface area (Å²) in [6, 6.07) is 13.4. The fourth-order valence-corrected chi connectivity index (χ4v) is 2.55. The third kappa shape index (κ3) is 5.88. The van der Waals surface area contributed by atoms with Crippen LogP contribution in [0.1, 0.15) is 18.9 Å². The second kappa shape index (κ2) is 9.56. The largest absolute Gasteiger partial charge is 0.497 e. The van der Waals surface area contributed by atoms with E-state index in [1.165, 1.54) is 30.0 Å². The summed E-state index contributed by atoms with van der Waals surface area (Å²) in [5.74, 6) is -0.0139. The summed E-state index contributed by atoms with van der Waals surface area (Å²) in [5, 5.41) is 2.83. The van der Waals surface area contributed by atoms with Crippen LogP contribution in [0.25, 0.3) is 0 Å². The maximum absolute atomic E-state index is 13.3. The molecule has 2 aromatic rings. The van der Waals surface area contributed by atoms with Crippen LogP contribution in [0.2, 0.25) is 0 Å². The van der Waals surface area contributed by atoms with E-state index in [-0.39, 0.29) is 24.8 Å². The summed E-state index contributed by atoms with van der Waals surface area (Å²) in [6.45, 7) is 2.10. The molecule has 0 unspecified atom stereocenters. The third-order valence-corrected chi connectivity index (χ3v) is 3.96. The Morgan fingerprint density at radius 2 is 1.88 bits per heavy atom. The number of rotatable bonds is 8. The van der Waals surface area contributed by atoms with Gasteiger partial charge in [-0.15, -0.1) is 0 Å². The first kappa shape index (κ1) is 19.4. The Balaban J connectivity index is 1.79. The molecule has 138 valence electrons. The van der Waals surface area contributed by atoms with E-state index in [4.69, 9.17) is 4.74 Å². The van der Waals surface area contributed by atoms with Gasteiger partial charge < -0.3 is 15.0 Å². The number of carbonyl (C=O) groups is 2. The van der Waals surface area contributed by atoms with Crippen LogP contribution in [0.15, 0.2) is 48.5 Å². The van der Waals surface area contributed by atoms with Crippen molar-refractivity contribution in [3.05, 3.63) is 59.9 Å². The Labute approximate surface area is 152 Å². The number of nitrogens with one attached hydrogen (secondary N) is 1. The number of ether oxygens (including phenoxy) is 1. The van der Waals surface area contributed by atoms with Gasteiger partial charge in [0.25, 0.3) is 0 Å². The molecule has 0 fully saturated rings. The van der Waals surface area contributed by atoms with Gasteiger partial charge in [0.05, 0.1) is 7.11 Å².